The Balaban J connectivity index is 2.08. The van der Waals surface area contributed by atoms with Crippen LogP contribution < -0.4 is 11.1 Å². The first-order chi connectivity index (χ1) is 8.67. The molecule has 7 heteroatoms. The molecule has 0 spiro atoms. The number of aromatic nitrogens is 3. The van der Waals surface area contributed by atoms with Gasteiger partial charge in [-0.3, -0.25) is 0 Å². The summed E-state index contributed by atoms with van der Waals surface area (Å²) >= 11 is 7.33. The van der Waals surface area contributed by atoms with Gasteiger partial charge >= 0.3 is 0 Å². The summed E-state index contributed by atoms with van der Waals surface area (Å²) in [6.07, 6.45) is 1.89. The summed E-state index contributed by atoms with van der Waals surface area (Å²) in [7, 11) is 0. The Hall–Kier alpha value is -1.53. The van der Waals surface area contributed by atoms with E-state index in [0.29, 0.717) is 22.5 Å². The van der Waals surface area contributed by atoms with Crippen molar-refractivity contribution in [2.24, 2.45) is 0 Å². The summed E-state index contributed by atoms with van der Waals surface area (Å²) in [5.74, 6) is 0.837. The van der Waals surface area contributed by atoms with E-state index >= 15 is 0 Å². The van der Waals surface area contributed by atoms with E-state index in [1.54, 1.807) is 0 Å². The number of thioether (sulfide) groups is 1. The SMILES string of the molecule is CSc1nc(N)nc(CNc2cccc(Cl)c2)n1. The molecule has 0 bridgehead atoms. The number of rotatable bonds is 4. The van der Waals surface area contributed by atoms with Crippen LogP contribution >= 0.6 is 23.4 Å². The summed E-state index contributed by atoms with van der Waals surface area (Å²) in [6.45, 7) is 0.473. The standard InChI is InChI=1S/C11H12ClN5S/c1-18-11-16-9(15-10(13)17-11)6-14-8-4-2-3-7(12)5-8/h2-5,14H,6H2,1H3,(H2,13,15,16,17). The molecule has 1 heterocycles. The van der Waals surface area contributed by atoms with Crippen molar-refractivity contribution in [1.29, 1.82) is 0 Å². The molecule has 0 unspecified atom stereocenters. The second-order valence-corrected chi connectivity index (χ2v) is 4.67. The predicted octanol–water partition coefficient (Wildman–Crippen LogP) is 2.44. The normalized spacial score (nSPS) is 10.3. The molecule has 5 nitrogen and oxygen atoms in total. The van der Waals surface area contributed by atoms with E-state index in [1.807, 2.05) is 30.5 Å². The number of halogens is 1. The first-order valence-electron chi connectivity index (χ1n) is 5.21. The van der Waals surface area contributed by atoms with Crippen molar-refractivity contribution in [2.45, 2.75) is 11.7 Å². The molecule has 0 fully saturated rings. The molecule has 1 aromatic carbocycles. The van der Waals surface area contributed by atoms with Crippen LogP contribution in [0.1, 0.15) is 5.82 Å². The first-order valence-corrected chi connectivity index (χ1v) is 6.81. The quantitative estimate of drug-likeness (QED) is 0.838. The summed E-state index contributed by atoms with van der Waals surface area (Å²) in [5, 5.41) is 4.47. The monoisotopic (exact) mass is 281 g/mol. The maximum atomic E-state index is 5.89. The maximum Gasteiger partial charge on any atom is 0.224 e. The molecule has 0 aliphatic carbocycles. The number of anilines is 2. The van der Waals surface area contributed by atoms with E-state index < -0.39 is 0 Å². The van der Waals surface area contributed by atoms with E-state index in [2.05, 4.69) is 20.3 Å². The van der Waals surface area contributed by atoms with Gasteiger partial charge in [-0.05, 0) is 24.5 Å². The van der Waals surface area contributed by atoms with Crippen LogP contribution in [0.4, 0.5) is 11.6 Å². The van der Waals surface area contributed by atoms with Crippen LogP contribution in [0.15, 0.2) is 29.4 Å². The van der Waals surface area contributed by atoms with Gasteiger partial charge in [0, 0.05) is 10.7 Å². The highest BCUT2D eigenvalue weighted by Gasteiger charge is 2.03. The third-order valence-electron chi connectivity index (χ3n) is 2.14. The van der Waals surface area contributed by atoms with Crippen molar-refractivity contribution in [3.05, 3.63) is 35.1 Å². The highest BCUT2D eigenvalue weighted by Crippen LogP contribution is 2.16. The maximum absolute atomic E-state index is 5.89. The Morgan fingerprint density at radius 1 is 1.33 bits per heavy atom. The number of hydrogen-bond acceptors (Lipinski definition) is 6. The van der Waals surface area contributed by atoms with Crippen molar-refractivity contribution in [2.75, 3.05) is 17.3 Å². The summed E-state index contributed by atoms with van der Waals surface area (Å²) in [4.78, 5) is 12.3. The number of nitrogens with two attached hydrogens (primary N) is 1. The smallest absolute Gasteiger partial charge is 0.224 e. The van der Waals surface area contributed by atoms with Crippen LogP contribution in [0.5, 0.6) is 0 Å². The minimum Gasteiger partial charge on any atom is -0.378 e. The van der Waals surface area contributed by atoms with Crippen LogP contribution in [0, 0.1) is 0 Å². The van der Waals surface area contributed by atoms with Crippen LogP contribution in [-0.4, -0.2) is 21.2 Å². The van der Waals surface area contributed by atoms with E-state index in [4.69, 9.17) is 17.3 Å². The Morgan fingerprint density at radius 3 is 2.89 bits per heavy atom. The van der Waals surface area contributed by atoms with Gasteiger partial charge in [-0.15, -0.1) is 0 Å². The van der Waals surface area contributed by atoms with Crippen molar-refractivity contribution >= 4 is 35.0 Å². The number of nitrogen functional groups attached to an aromatic ring is 1. The van der Waals surface area contributed by atoms with Crippen molar-refractivity contribution in [3.8, 4) is 0 Å². The molecule has 0 amide bonds. The molecule has 94 valence electrons. The minimum atomic E-state index is 0.234. The van der Waals surface area contributed by atoms with Gasteiger partial charge in [0.1, 0.15) is 0 Å². The van der Waals surface area contributed by atoms with Crippen LogP contribution in [0.3, 0.4) is 0 Å². The lowest BCUT2D eigenvalue weighted by Crippen LogP contribution is -2.08. The molecule has 0 aliphatic heterocycles. The highest BCUT2D eigenvalue weighted by atomic mass is 35.5. The number of benzene rings is 1. The summed E-state index contributed by atoms with van der Waals surface area (Å²) in [6, 6.07) is 7.45. The lowest BCUT2D eigenvalue weighted by molar-refractivity contribution is 0.831. The molecule has 0 aliphatic rings. The second kappa shape index (κ2) is 5.88. The molecule has 1 aromatic heterocycles. The molecule has 0 radical (unpaired) electrons. The van der Waals surface area contributed by atoms with Gasteiger partial charge < -0.3 is 11.1 Å². The van der Waals surface area contributed by atoms with Gasteiger partial charge in [-0.25, -0.2) is 4.98 Å². The Morgan fingerprint density at radius 2 is 2.17 bits per heavy atom. The lowest BCUT2D eigenvalue weighted by atomic mass is 10.3. The fraction of sp³-hybridized carbons (Fsp3) is 0.182. The number of nitrogens with one attached hydrogen (secondary N) is 1. The number of hydrogen-bond donors (Lipinski definition) is 2. The molecule has 0 atom stereocenters. The minimum absolute atomic E-state index is 0.234. The fourth-order valence-electron chi connectivity index (χ4n) is 1.37. The Bertz CT molecular complexity index is 549. The van der Waals surface area contributed by atoms with Crippen LogP contribution in [0.2, 0.25) is 5.02 Å². The van der Waals surface area contributed by atoms with E-state index in [-0.39, 0.29) is 5.95 Å². The third kappa shape index (κ3) is 3.48. The fourth-order valence-corrected chi connectivity index (χ4v) is 1.94. The van der Waals surface area contributed by atoms with Gasteiger partial charge in [0.15, 0.2) is 11.0 Å². The molecule has 0 saturated carbocycles. The second-order valence-electron chi connectivity index (χ2n) is 3.46. The summed E-state index contributed by atoms with van der Waals surface area (Å²) < 4.78 is 0. The highest BCUT2D eigenvalue weighted by molar-refractivity contribution is 7.98. The molecular formula is C11H12ClN5S. The first kappa shape index (κ1) is 12.9. The van der Waals surface area contributed by atoms with Crippen LogP contribution in [-0.2, 0) is 6.54 Å². The zero-order chi connectivity index (χ0) is 13.0. The molecule has 0 saturated heterocycles. The average Bonchev–Trinajstić information content (AvgIpc) is 2.36. The van der Waals surface area contributed by atoms with Crippen LogP contribution in [0.25, 0.3) is 0 Å². The molecule has 3 N–H and O–H groups in total. The van der Waals surface area contributed by atoms with Crippen molar-refractivity contribution in [3.63, 3.8) is 0 Å². The predicted molar refractivity (Wildman–Crippen MR) is 74.8 cm³/mol. The van der Waals surface area contributed by atoms with E-state index in [1.165, 1.54) is 11.8 Å². The molecule has 18 heavy (non-hydrogen) atoms. The number of nitrogens with zero attached hydrogens (tertiary/aromatic N) is 3. The zero-order valence-electron chi connectivity index (χ0n) is 9.72. The van der Waals surface area contributed by atoms with Crippen molar-refractivity contribution < 1.29 is 0 Å². The lowest BCUT2D eigenvalue weighted by Gasteiger charge is -2.06. The largest absolute Gasteiger partial charge is 0.378 e. The van der Waals surface area contributed by atoms with E-state index in [0.717, 1.165) is 5.69 Å². The molecule has 2 aromatic rings. The van der Waals surface area contributed by atoms with Gasteiger partial charge in [-0.1, -0.05) is 29.4 Å². The van der Waals surface area contributed by atoms with E-state index in [9.17, 15) is 0 Å². The Labute approximate surface area is 114 Å². The molecular weight excluding hydrogens is 270 g/mol. The molecule has 2 rings (SSSR count). The van der Waals surface area contributed by atoms with Gasteiger partial charge in [0.05, 0.1) is 6.54 Å². The Kier molecular flexibility index (Phi) is 4.22. The van der Waals surface area contributed by atoms with Crippen molar-refractivity contribution in [1.82, 2.24) is 15.0 Å². The topological polar surface area (TPSA) is 76.7 Å². The zero-order valence-corrected chi connectivity index (χ0v) is 11.3. The average molecular weight is 282 g/mol. The third-order valence-corrected chi connectivity index (χ3v) is 2.92. The summed E-state index contributed by atoms with van der Waals surface area (Å²) in [5.41, 5.74) is 6.51. The van der Waals surface area contributed by atoms with Gasteiger partial charge in [0.2, 0.25) is 5.95 Å². The van der Waals surface area contributed by atoms with Gasteiger partial charge in [0.25, 0.3) is 0 Å². The van der Waals surface area contributed by atoms with Gasteiger partial charge in [-0.2, -0.15) is 9.97 Å².